The first kappa shape index (κ1) is 23.3. The second kappa shape index (κ2) is 10.0. The Kier molecular flexibility index (Phi) is 8.35. The highest BCUT2D eigenvalue weighted by atomic mass is 32.2. The molecule has 8 nitrogen and oxygen atoms in total. The molecule has 28 heavy (non-hydrogen) atoms. The van der Waals surface area contributed by atoms with E-state index in [0.717, 1.165) is 11.0 Å². The first-order valence-electron chi connectivity index (χ1n) is 8.60. The van der Waals surface area contributed by atoms with Gasteiger partial charge in [0.15, 0.2) is 6.61 Å². The van der Waals surface area contributed by atoms with Crippen LogP contribution in [-0.2, 0) is 24.3 Å². The lowest BCUT2D eigenvalue weighted by Crippen LogP contribution is -2.50. The number of benzene rings is 1. The Hall–Kier alpha value is -2.70. The topological polar surface area (TPSA) is 125 Å². The van der Waals surface area contributed by atoms with Crippen molar-refractivity contribution in [2.24, 2.45) is 5.92 Å². The SMILES string of the molecule is Cc1ccc(/C=C/S(=O)(=O)NCC(=O)OCC(=O)NC(C)(C#N)C(C)C)cc1. The molecule has 0 heterocycles. The van der Waals surface area contributed by atoms with Gasteiger partial charge in [-0.2, -0.15) is 5.26 Å². The van der Waals surface area contributed by atoms with Crippen LogP contribution in [0.25, 0.3) is 6.08 Å². The molecule has 0 aliphatic carbocycles. The summed E-state index contributed by atoms with van der Waals surface area (Å²) in [6.45, 7) is 5.80. The third kappa shape index (κ3) is 7.90. The fourth-order valence-electron chi connectivity index (χ4n) is 1.88. The van der Waals surface area contributed by atoms with Crippen LogP contribution in [0.1, 0.15) is 31.9 Å². The third-order valence-electron chi connectivity index (χ3n) is 4.08. The molecule has 1 atom stereocenters. The molecule has 0 aliphatic heterocycles. The maximum absolute atomic E-state index is 11.9. The van der Waals surface area contributed by atoms with E-state index in [1.54, 1.807) is 32.9 Å². The normalized spacial score (nSPS) is 13.7. The van der Waals surface area contributed by atoms with Gasteiger partial charge in [0.1, 0.15) is 12.1 Å². The summed E-state index contributed by atoms with van der Waals surface area (Å²) >= 11 is 0. The number of nitrogens with one attached hydrogen (secondary N) is 2. The number of esters is 1. The lowest BCUT2D eigenvalue weighted by atomic mass is 9.90. The number of nitrogens with zero attached hydrogens (tertiary/aromatic N) is 1. The Balaban J connectivity index is 2.48. The minimum atomic E-state index is -3.84. The Bertz CT molecular complexity index is 870. The average molecular weight is 407 g/mol. The Morgan fingerprint density at radius 1 is 1.29 bits per heavy atom. The van der Waals surface area contributed by atoms with Gasteiger partial charge in [0.05, 0.1) is 6.07 Å². The zero-order chi connectivity index (χ0) is 21.4. The molecule has 0 fully saturated rings. The number of sulfonamides is 1. The fraction of sp³-hybridized carbons (Fsp3) is 0.421. The van der Waals surface area contributed by atoms with Crippen molar-refractivity contribution < 1.29 is 22.7 Å². The van der Waals surface area contributed by atoms with Crippen LogP contribution in [0.2, 0.25) is 0 Å². The van der Waals surface area contributed by atoms with Crippen LogP contribution in [0.5, 0.6) is 0 Å². The lowest BCUT2D eigenvalue weighted by Gasteiger charge is -2.27. The Labute approximate surface area is 165 Å². The van der Waals surface area contributed by atoms with E-state index in [4.69, 9.17) is 10.00 Å². The smallest absolute Gasteiger partial charge is 0.321 e. The highest BCUT2D eigenvalue weighted by Crippen LogP contribution is 2.14. The summed E-state index contributed by atoms with van der Waals surface area (Å²) in [4.78, 5) is 23.5. The van der Waals surface area contributed by atoms with Gasteiger partial charge in [0.25, 0.3) is 5.91 Å². The van der Waals surface area contributed by atoms with E-state index in [9.17, 15) is 18.0 Å². The molecule has 9 heteroatoms. The number of hydrogen-bond acceptors (Lipinski definition) is 6. The van der Waals surface area contributed by atoms with Crippen molar-refractivity contribution in [2.75, 3.05) is 13.2 Å². The number of amides is 1. The second-order valence-corrected chi connectivity index (χ2v) is 8.41. The first-order chi connectivity index (χ1) is 13.0. The van der Waals surface area contributed by atoms with Crippen LogP contribution in [0.4, 0.5) is 0 Å². The number of nitriles is 1. The van der Waals surface area contributed by atoms with E-state index in [0.29, 0.717) is 5.56 Å². The molecule has 0 spiro atoms. The molecular formula is C19H25N3O5S. The van der Waals surface area contributed by atoms with Crippen molar-refractivity contribution >= 4 is 28.0 Å². The van der Waals surface area contributed by atoms with E-state index >= 15 is 0 Å². The maximum Gasteiger partial charge on any atom is 0.321 e. The minimum Gasteiger partial charge on any atom is -0.455 e. The molecule has 152 valence electrons. The lowest BCUT2D eigenvalue weighted by molar-refractivity contribution is -0.147. The molecule has 0 saturated heterocycles. The average Bonchev–Trinajstić information content (AvgIpc) is 2.64. The van der Waals surface area contributed by atoms with Crippen LogP contribution in [0.15, 0.2) is 29.7 Å². The fourth-order valence-corrected chi connectivity index (χ4v) is 2.63. The zero-order valence-electron chi connectivity index (χ0n) is 16.4. The van der Waals surface area contributed by atoms with E-state index in [-0.39, 0.29) is 5.92 Å². The summed E-state index contributed by atoms with van der Waals surface area (Å²) in [6, 6.07) is 9.22. The summed E-state index contributed by atoms with van der Waals surface area (Å²) in [5.74, 6) is -1.71. The van der Waals surface area contributed by atoms with Crippen LogP contribution in [0.3, 0.4) is 0 Å². The summed E-state index contributed by atoms with van der Waals surface area (Å²) in [5, 5.41) is 12.6. The zero-order valence-corrected chi connectivity index (χ0v) is 17.2. The van der Waals surface area contributed by atoms with Gasteiger partial charge in [-0.15, -0.1) is 0 Å². The summed E-state index contributed by atoms with van der Waals surface area (Å²) < 4.78 is 30.6. The molecule has 0 saturated carbocycles. The number of ether oxygens (including phenoxy) is 1. The molecule has 2 N–H and O–H groups in total. The molecule has 1 unspecified atom stereocenters. The molecule has 0 bridgehead atoms. The number of aryl methyl sites for hydroxylation is 1. The van der Waals surface area contributed by atoms with Gasteiger partial charge in [-0.05, 0) is 31.4 Å². The molecule has 0 radical (unpaired) electrons. The quantitative estimate of drug-likeness (QED) is 0.597. The molecular weight excluding hydrogens is 382 g/mol. The standard InChI is InChI=1S/C19H25N3O5S/c1-14(2)19(4,13-20)22-17(23)12-27-18(24)11-21-28(25,26)10-9-16-7-5-15(3)6-8-16/h5-10,14,21H,11-12H2,1-4H3,(H,22,23)/b10-9+. The van der Waals surface area contributed by atoms with E-state index in [1.807, 2.05) is 25.1 Å². The van der Waals surface area contributed by atoms with Gasteiger partial charge in [-0.1, -0.05) is 43.7 Å². The number of carbonyl (C=O) groups excluding carboxylic acids is 2. The molecule has 1 aromatic rings. The van der Waals surface area contributed by atoms with Crippen LogP contribution in [-0.4, -0.2) is 39.0 Å². The van der Waals surface area contributed by atoms with Crippen molar-refractivity contribution in [1.82, 2.24) is 10.0 Å². The Morgan fingerprint density at radius 2 is 1.89 bits per heavy atom. The van der Waals surface area contributed by atoms with Crippen LogP contribution < -0.4 is 10.0 Å². The van der Waals surface area contributed by atoms with Crippen molar-refractivity contribution in [1.29, 1.82) is 5.26 Å². The molecule has 0 aromatic heterocycles. The first-order valence-corrected chi connectivity index (χ1v) is 10.1. The highest BCUT2D eigenvalue weighted by Gasteiger charge is 2.30. The van der Waals surface area contributed by atoms with E-state index in [1.165, 1.54) is 6.08 Å². The van der Waals surface area contributed by atoms with Gasteiger partial charge >= 0.3 is 5.97 Å². The van der Waals surface area contributed by atoms with Crippen molar-refractivity contribution in [3.05, 3.63) is 40.8 Å². The monoisotopic (exact) mass is 407 g/mol. The molecule has 1 rings (SSSR count). The molecule has 1 aromatic carbocycles. The number of rotatable bonds is 9. The van der Waals surface area contributed by atoms with Crippen molar-refractivity contribution in [2.45, 2.75) is 33.2 Å². The number of hydrogen-bond donors (Lipinski definition) is 2. The highest BCUT2D eigenvalue weighted by molar-refractivity contribution is 7.92. The Morgan fingerprint density at radius 3 is 2.43 bits per heavy atom. The molecule has 1 amide bonds. The van der Waals surface area contributed by atoms with Crippen LogP contribution in [0, 0.1) is 24.2 Å². The van der Waals surface area contributed by atoms with Crippen molar-refractivity contribution in [3.63, 3.8) is 0 Å². The van der Waals surface area contributed by atoms with Gasteiger partial charge in [0, 0.05) is 5.41 Å². The summed E-state index contributed by atoms with van der Waals surface area (Å²) in [5.41, 5.74) is 0.653. The summed E-state index contributed by atoms with van der Waals surface area (Å²) in [6.07, 6.45) is 1.40. The van der Waals surface area contributed by atoms with E-state index < -0.39 is 40.6 Å². The van der Waals surface area contributed by atoms with Crippen LogP contribution >= 0.6 is 0 Å². The predicted molar refractivity (Wildman–Crippen MR) is 105 cm³/mol. The van der Waals surface area contributed by atoms with E-state index in [2.05, 4.69) is 10.0 Å². The summed E-state index contributed by atoms with van der Waals surface area (Å²) in [7, 11) is -3.84. The van der Waals surface area contributed by atoms with Gasteiger partial charge in [-0.25, -0.2) is 13.1 Å². The van der Waals surface area contributed by atoms with Crippen molar-refractivity contribution in [3.8, 4) is 6.07 Å². The van der Waals surface area contributed by atoms with Gasteiger partial charge in [0.2, 0.25) is 10.0 Å². The predicted octanol–water partition coefficient (Wildman–Crippen LogP) is 1.48. The van der Waals surface area contributed by atoms with Gasteiger partial charge < -0.3 is 10.1 Å². The number of carbonyl (C=O) groups is 2. The minimum absolute atomic E-state index is 0.149. The maximum atomic E-state index is 11.9. The largest absolute Gasteiger partial charge is 0.455 e. The third-order valence-corrected chi connectivity index (χ3v) is 5.13. The molecule has 0 aliphatic rings. The second-order valence-electron chi connectivity index (χ2n) is 6.76. The van der Waals surface area contributed by atoms with Gasteiger partial charge in [-0.3, -0.25) is 9.59 Å².